The molecule has 1 aromatic rings. The first-order valence-corrected chi connectivity index (χ1v) is 7.73. The summed E-state index contributed by atoms with van der Waals surface area (Å²) in [5.74, 6) is 0. The van der Waals surface area contributed by atoms with Crippen molar-refractivity contribution in [3.05, 3.63) is 53.0 Å². The Morgan fingerprint density at radius 2 is 1.95 bits per heavy atom. The zero-order chi connectivity index (χ0) is 13.5. The van der Waals surface area contributed by atoms with Gasteiger partial charge in [-0.15, -0.1) is 11.8 Å². The SMILES string of the molecule is CSC(=C/C#N)/C=C(\c1ccccc1)N1CCCC1. The van der Waals surface area contributed by atoms with Gasteiger partial charge in [0, 0.05) is 29.8 Å². The van der Waals surface area contributed by atoms with E-state index in [1.807, 2.05) is 12.3 Å². The van der Waals surface area contributed by atoms with E-state index in [9.17, 15) is 0 Å². The molecule has 3 heteroatoms. The van der Waals surface area contributed by atoms with Crippen molar-refractivity contribution in [3.63, 3.8) is 0 Å². The number of rotatable bonds is 4. The van der Waals surface area contributed by atoms with Crippen LogP contribution in [0.1, 0.15) is 18.4 Å². The van der Waals surface area contributed by atoms with Crippen LogP contribution in [0.5, 0.6) is 0 Å². The molecule has 2 nitrogen and oxygen atoms in total. The lowest BCUT2D eigenvalue weighted by Crippen LogP contribution is -2.17. The molecule has 1 heterocycles. The highest BCUT2D eigenvalue weighted by atomic mass is 32.2. The molecule has 0 saturated carbocycles. The number of benzene rings is 1. The summed E-state index contributed by atoms with van der Waals surface area (Å²) in [7, 11) is 0. The molecule has 1 aromatic carbocycles. The fraction of sp³-hybridized carbons (Fsp3) is 0.312. The van der Waals surface area contributed by atoms with E-state index in [1.54, 1.807) is 17.8 Å². The van der Waals surface area contributed by atoms with Gasteiger partial charge in [-0.1, -0.05) is 30.3 Å². The van der Waals surface area contributed by atoms with Crippen LogP contribution in [0.2, 0.25) is 0 Å². The molecule has 98 valence electrons. The van der Waals surface area contributed by atoms with Gasteiger partial charge >= 0.3 is 0 Å². The van der Waals surface area contributed by atoms with E-state index in [4.69, 9.17) is 5.26 Å². The number of hydrogen-bond acceptors (Lipinski definition) is 3. The standard InChI is InChI=1S/C16H18N2S/c1-19-15(9-10-17)13-16(18-11-5-6-12-18)14-7-3-2-4-8-14/h2-4,7-9,13H,5-6,11-12H2,1H3/b15-9+,16-13+. The summed E-state index contributed by atoms with van der Waals surface area (Å²) in [5.41, 5.74) is 2.45. The maximum atomic E-state index is 8.83. The van der Waals surface area contributed by atoms with Gasteiger partial charge in [0.05, 0.1) is 6.07 Å². The van der Waals surface area contributed by atoms with Gasteiger partial charge in [0.2, 0.25) is 0 Å². The van der Waals surface area contributed by atoms with Crippen LogP contribution in [-0.2, 0) is 0 Å². The predicted molar refractivity (Wildman–Crippen MR) is 82.4 cm³/mol. The Morgan fingerprint density at radius 3 is 2.53 bits per heavy atom. The second kappa shape index (κ2) is 7.06. The summed E-state index contributed by atoms with van der Waals surface area (Å²) in [5, 5.41) is 8.83. The Labute approximate surface area is 119 Å². The maximum Gasteiger partial charge on any atom is 0.0923 e. The summed E-state index contributed by atoms with van der Waals surface area (Å²) in [6.45, 7) is 2.21. The first kappa shape index (κ1) is 13.8. The highest BCUT2D eigenvalue weighted by Gasteiger charge is 2.16. The Kier molecular flexibility index (Phi) is 5.11. The number of nitriles is 1. The number of likely N-dealkylation sites (tertiary alicyclic amines) is 1. The van der Waals surface area contributed by atoms with Crippen molar-refractivity contribution in [1.82, 2.24) is 4.90 Å². The molecule has 1 fully saturated rings. The molecule has 0 amide bonds. The van der Waals surface area contributed by atoms with Gasteiger partial charge in [-0.25, -0.2) is 0 Å². The number of hydrogen-bond donors (Lipinski definition) is 0. The van der Waals surface area contributed by atoms with E-state index in [2.05, 4.69) is 41.3 Å². The molecule has 0 radical (unpaired) electrons. The van der Waals surface area contributed by atoms with E-state index in [0.29, 0.717) is 0 Å². The topological polar surface area (TPSA) is 27.0 Å². The first-order chi connectivity index (χ1) is 9.35. The van der Waals surface area contributed by atoms with Crippen molar-refractivity contribution in [2.45, 2.75) is 12.8 Å². The minimum Gasteiger partial charge on any atom is -0.371 e. The summed E-state index contributed by atoms with van der Waals surface area (Å²) < 4.78 is 0. The molecule has 1 saturated heterocycles. The summed E-state index contributed by atoms with van der Waals surface area (Å²) in [6, 6.07) is 12.5. The van der Waals surface area contributed by atoms with Crippen LogP contribution in [0, 0.1) is 11.3 Å². The molecule has 0 unspecified atom stereocenters. The molecular formula is C16H18N2S. The van der Waals surface area contributed by atoms with Gasteiger partial charge in [-0.2, -0.15) is 5.26 Å². The Hall–Kier alpha value is -1.66. The van der Waals surface area contributed by atoms with E-state index < -0.39 is 0 Å². The van der Waals surface area contributed by atoms with Crippen molar-refractivity contribution in [1.29, 1.82) is 5.26 Å². The quantitative estimate of drug-likeness (QED) is 0.613. The lowest BCUT2D eigenvalue weighted by Gasteiger charge is -2.22. The maximum absolute atomic E-state index is 8.83. The molecule has 0 atom stereocenters. The normalized spacial score (nSPS) is 16.5. The lowest BCUT2D eigenvalue weighted by atomic mass is 10.1. The molecule has 2 rings (SSSR count). The fourth-order valence-electron chi connectivity index (χ4n) is 2.28. The minimum atomic E-state index is 1.01. The second-order valence-corrected chi connectivity index (χ2v) is 5.35. The van der Waals surface area contributed by atoms with Crippen molar-refractivity contribution < 1.29 is 0 Å². The molecule has 0 aliphatic carbocycles. The van der Waals surface area contributed by atoms with Crippen LogP contribution < -0.4 is 0 Å². The Morgan fingerprint density at radius 1 is 1.26 bits per heavy atom. The molecule has 0 N–H and O–H groups in total. The van der Waals surface area contributed by atoms with Crippen molar-refractivity contribution in [2.75, 3.05) is 19.3 Å². The zero-order valence-electron chi connectivity index (χ0n) is 11.2. The molecule has 0 aromatic heterocycles. The molecule has 0 spiro atoms. The summed E-state index contributed by atoms with van der Waals surface area (Å²) in [4.78, 5) is 3.42. The summed E-state index contributed by atoms with van der Waals surface area (Å²) >= 11 is 1.61. The third-order valence-electron chi connectivity index (χ3n) is 3.24. The third kappa shape index (κ3) is 3.65. The van der Waals surface area contributed by atoms with Gasteiger partial charge in [0.1, 0.15) is 0 Å². The van der Waals surface area contributed by atoms with E-state index in [0.717, 1.165) is 18.0 Å². The van der Waals surface area contributed by atoms with Gasteiger partial charge in [0.15, 0.2) is 0 Å². The van der Waals surface area contributed by atoms with Gasteiger partial charge < -0.3 is 4.90 Å². The molecule has 0 bridgehead atoms. The predicted octanol–water partition coefficient (Wildman–Crippen LogP) is 3.89. The van der Waals surface area contributed by atoms with Crippen LogP contribution in [-0.4, -0.2) is 24.2 Å². The third-order valence-corrected chi connectivity index (χ3v) is 3.94. The highest BCUT2D eigenvalue weighted by molar-refractivity contribution is 8.02. The van der Waals surface area contributed by atoms with E-state index in [-0.39, 0.29) is 0 Å². The van der Waals surface area contributed by atoms with Crippen LogP contribution >= 0.6 is 11.8 Å². The Balaban J connectivity index is 2.37. The first-order valence-electron chi connectivity index (χ1n) is 6.51. The second-order valence-electron chi connectivity index (χ2n) is 4.47. The number of thioether (sulfide) groups is 1. The average Bonchev–Trinajstić information content (AvgIpc) is 2.98. The molecular weight excluding hydrogens is 252 g/mol. The lowest BCUT2D eigenvalue weighted by molar-refractivity contribution is 0.493. The van der Waals surface area contributed by atoms with Gasteiger partial charge in [-0.05, 0) is 30.7 Å². The smallest absolute Gasteiger partial charge is 0.0923 e. The van der Waals surface area contributed by atoms with E-state index in [1.165, 1.54) is 24.1 Å². The van der Waals surface area contributed by atoms with Gasteiger partial charge in [-0.3, -0.25) is 0 Å². The average molecular weight is 270 g/mol. The van der Waals surface area contributed by atoms with Crippen LogP contribution in [0.4, 0.5) is 0 Å². The van der Waals surface area contributed by atoms with Crippen molar-refractivity contribution >= 4 is 17.5 Å². The summed E-state index contributed by atoms with van der Waals surface area (Å²) in [6.07, 6.45) is 8.26. The van der Waals surface area contributed by atoms with Crippen LogP contribution in [0.25, 0.3) is 5.70 Å². The number of allylic oxidation sites excluding steroid dienone is 2. The number of nitrogens with zero attached hydrogens (tertiary/aromatic N) is 2. The highest BCUT2D eigenvalue weighted by Crippen LogP contribution is 2.27. The zero-order valence-corrected chi connectivity index (χ0v) is 12.0. The van der Waals surface area contributed by atoms with Crippen LogP contribution in [0.3, 0.4) is 0 Å². The monoisotopic (exact) mass is 270 g/mol. The van der Waals surface area contributed by atoms with Crippen LogP contribution in [0.15, 0.2) is 47.4 Å². The molecule has 19 heavy (non-hydrogen) atoms. The fourth-order valence-corrected chi connectivity index (χ4v) is 2.68. The minimum absolute atomic E-state index is 1.01. The van der Waals surface area contributed by atoms with Crippen molar-refractivity contribution in [2.24, 2.45) is 0 Å². The largest absolute Gasteiger partial charge is 0.371 e. The Bertz CT molecular complexity index is 505. The van der Waals surface area contributed by atoms with Crippen molar-refractivity contribution in [3.8, 4) is 6.07 Å². The molecule has 1 aliphatic heterocycles. The molecule has 1 aliphatic rings. The van der Waals surface area contributed by atoms with Gasteiger partial charge in [0.25, 0.3) is 0 Å². The van der Waals surface area contributed by atoms with E-state index >= 15 is 0 Å².